The average molecular weight is 317 g/mol. The Hall–Kier alpha value is -1.92. The van der Waals surface area contributed by atoms with Gasteiger partial charge in [-0.15, -0.1) is 11.3 Å². The number of carbonyl (C=O) groups is 1. The van der Waals surface area contributed by atoms with Crippen LogP contribution >= 0.6 is 22.7 Å². The Balaban J connectivity index is 1.72. The molecule has 1 amide bonds. The van der Waals surface area contributed by atoms with Crippen LogP contribution in [-0.2, 0) is 6.54 Å². The van der Waals surface area contributed by atoms with Crippen LogP contribution in [-0.4, -0.2) is 28.1 Å². The van der Waals surface area contributed by atoms with E-state index in [1.165, 1.54) is 9.75 Å². The Morgan fingerprint density at radius 3 is 2.90 bits per heavy atom. The molecule has 0 spiro atoms. The van der Waals surface area contributed by atoms with Crippen molar-refractivity contribution in [2.45, 2.75) is 13.5 Å². The van der Waals surface area contributed by atoms with E-state index in [1.54, 1.807) is 33.6 Å². The van der Waals surface area contributed by atoms with Gasteiger partial charge in [-0.25, -0.2) is 0 Å². The first-order valence-corrected chi connectivity index (χ1v) is 8.28. The summed E-state index contributed by atoms with van der Waals surface area (Å²) in [5.74, 6) is -0.0463. The number of nitrogens with zero attached hydrogens (tertiary/aromatic N) is 2. The second-order valence-electron chi connectivity index (χ2n) is 4.85. The van der Waals surface area contributed by atoms with Crippen LogP contribution in [0.5, 0.6) is 0 Å². The van der Waals surface area contributed by atoms with Crippen molar-refractivity contribution in [2.75, 3.05) is 7.05 Å². The third-order valence-corrected chi connectivity index (χ3v) is 4.83. The molecule has 0 saturated carbocycles. The SMILES string of the molecule is Cc1ccc(CN(C)C(=O)c2cc(-c3ccsc3)n[nH]2)s1. The maximum absolute atomic E-state index is 12.4. The van der Waals surface area contributed by atoms with Crippen molar-refractivity contribution in [1.29, 1.82) is 0 Å². The van der Waals surface area contributed by atoms with Gasteiger partial charge in [0.2, 0.25) is 0 Å². The first kappa shape index (κ1) is 14.0. The molecule has 108 valence electrons. The molecule has 3 rings (SSSR count). The summed E-state index contributed by atoms with van der Waals surface area (Å²) in [6.07, 6.45) is 0. The third-order valence-electron chi connectivity index (χ3n) is 3.16. The van der Waals surface area contributed by atoms with E-state index in [2.05, 4.69) is 29.3 Å². The van der Waals surface area contributed by atoms with E-state index in [-0.39, 0.29) is 5.91 Å². The molecule has 0 aliphatic rings. The maximum Gasteiger partial charge on any atom is 0.271 e. The van der Waals surface area contributed by atoms with Crippen LogP contribution in [0.15, 0.2) is 35.0 Å². The molecule has 21 heavy (non-hydrogen) atoms. The highest BCUT2D eigenvalue weighted by Gasteiger charge is 2.16. The van der Waals surface area contributed by atoms with Gasteiger partial charge in [0.25, 0.3) is 5.91 Å². The zero-order valence-electron chi connectivity index (χ0n) is 11.8. The zero-order valence-corrected chi connectivity index (χ0v) is 13.4. The van der Waals surface area contributed by atoms with Gasteiger partial charge in [-0.3, -0.25) is 9.89 Å². The molecule has 0 unspecified atom stereocenters. The number of thiophene rings is 2. The highest BCUT2D eigenvalue weighted by molar-refractivity contribution is 7.11. The number of H-pyrrole nitrogens is 1. The van der Waals surface area contributed by atoms with E-state index >= 15 is 0 Å². The quantitative estimate of drug-likeness (QED) is 0.796. The van der Waals surface area contributed by atoms with Crippen LogP contribution in [0.1, 0.15) is 20.2 Å². The Morgan fingerprint density at radius 1 is 1.38 bits per heavy atom. The molecule has 6 heteroatoms. The summed E-state index contributed by atoms with van der Waals surface area (Å²) in [5.41, 5.74) is 2.36. The molecule has 0 radical (unpaired) electrons. The van der Waals surface area contributed by atoms with E-state index < -0.39 is 0 Å². The lowest BCUT2D eigenvalue weighted by Gasteiger charge is -2.14. The number of aromatic nitrogens is 2. The molecular weight excluding hydrogens is 302 g/mol. The zero-order chi connectivity index (χ0) is 14.8. The van der Waals surface area contributed by atoms with Crippen molar-refractivity contribution >= 4 is 28.6 Å². The Labute approximate surface area is 131 Å². The highest BCUT2D eigenvalue weighted by Crippen LogP contribution is 2.21. The van der Waals surface area contributed by atoms with Gasteiger partial charge >= 0.3 is 0 Å². The van der Waals surface area contributed by atoms with Crippen LogP contribution in [0.25, 0.3) is 11.3 Å². The van der Waals surface area contributed by atoms with Gasteiger partial charge in [0.05, 0.1) is 12.2 Å². The fourth-order valence-corrected chi connectivity index (χ4v) is 3.66. The third kappa shape index (κ3) is 3.06. The van der Waals surface area contributed by atoms with E-state index in [0.717, 1.165) is 11.3 Å². The standard InChI is InChI=1S/C15H15N3OS2/c1-10-3-4-12(21-10)8-18(2)15(19)14-7-13(16-17-14)11-5-6-20-9-11/h3-7,9H,8H2,1-2H3,(H,16,17). The smallest absolute Gasteiger partial charge is 0.271 e. The summed E-state index contributed by atoms with van der Waals surface area (Å²) >= 11 is 3.33. The molecule has 0 bridgehead atoms. The summed E-state index contributed by atoms with van der Waals surface area (Å²) in [7, 11) is 1.81. The van der Waals surface area contributed by atoms with Crippen LogP contribution in [0.2, 0.25) is 0 Å². The fourth-order valence-electron chi connectivity index (χ4n) is 2.07. The Bertz CT molecular complexity index is 743. The molecule has 0 aliphatic carbocycles. The Morgan fingerprint density at radius 2 is 2.24 bits per heavy atom. The fraction of sp³-hybridized carbons (Fsp3) is 0.200. The number of aromatic amines is 1. The first-order valence-electron chi connectivity index (χ1n) is 6.52. The molecule has 3 heterocycles. The van der Waals surface area contributed by atoms with Gasteiger partial charge in [0.1, 0.15) is 5.69 Å². The van der Waals surface area contributed by atoms with Crippen molar-refractivity contribution < 1.29 is 4.79 Å². The lowest BCUT2D eigenvalue weighted by molar-refractivity contribution is 0.0780. The van der Waals surface area contributed by atoms with Crippen molar-refractivity contribution in [3.05, 3.63) is 50.5 Å². The minimum absolute atomic E-state index is 0.0463. The van der Waals surface area contributed by atoms with Crippen LogP contribution in [0, 0.1) is 6.92 Å². The van der Waals surface area contributed by atoms with Crippen LogP contribution < -0.4 is 0 Å². The minimum Gasteiger partial charge on any atom is -0.335 e. The molecule has 0 fully saturated rings. The number of amides is 1. The minimum atomic E-state index is -0.0463. The van der Waals surface area contributed by atoms with Gasteiger partial charge in [0, 0.05) is 27.7 Å². The largest absolute Gasteiger partial charge is 0.335 e. The van der Waals surface area contributed by atoms with E-state index in [0.29, 0.717) is 12.2 Å². The lowest BCUT2D eigenvalue weighted by atomic mass is 10.2. The summed E-state index contributed by atoms with van der Waals surface area (Å²) in [4.78, 5) is 16.5. The molecule has 3 aromatic rings. The first-order chi connectivity index (χ1) is 10.1. The van der Waals surface area contributed by atoms with Crippen LogP contribution in [0.4, 0.5) is 0 Å². The van der Waals surface area contributed by atoms with E-state index in [4.69, 9.17) is 0 Å². The van der Waals surface area contributed by atoms with Gasteiger partial charge < -0.3 is 4.90 Å². The van der Waals surface area contributed by atoms with Crippen molar-refractivity contribution in [2.24, 2.45) is 0 Å². The monoisotopic (exact) mass is 317 g/mol. The second-order valence-corrected chi connectivity index (χ2v) is 7.00. The topological polar surface area (TPSA) is 49.0 Å². The molecule has 3 aromatic heterocycles. The Kier molecular flexibility index (Phi) is 3.90. The molecule has 0 atom stereocenters. The number of rotatable bonds is 4. The van der Waals surface area contributed by atoms with E-state index in [1.807, 2.05) is 23.9 Å². The molecule has 0 aromatic carbocycles. The number of hydrogen-bond donors (Lipinski definition) is 1. The summed E-state index contributed by atoms with van der Waals surface area (Å²) < 4.78 is 0. The average Bonchev–Trinajstić information content (AvgIpc) is 3.18. The van der Waals surface area contributed by atoms with E-state index in [9.17, 15) is 4.79 Å². The summed E-state index contributed by atoms with van der Waals surface area (Å²) in [5, 5.41) is 11.1. The van der Waals surface area contributed by atoms with Gasteiger partial charge in [-0.05, 0) is 36.6 Å². The van der Waals surface area contributed by atoms with Crippen molar-refractivity contribution in [1.82, 2.24) is 15.1 Å². The predicted molar refractivity (Wildman–Crippen MR) is 86.8 cm³/mol. The predicted octanol–water partition coefficient (Wildman–Crippen LogP) is 3.78. The van der Waals surface area contributed by atoms with Gasteiger partial charge in [0.15, 0.2) is 0 Å². The molecule has 0 aliphatic heterocycles. The second kappa shape index (κ2) is 5.83. The molecule has 1 N–H and O–H groups in total. The van der Waals surface area contributed by atoms with Crippen molar-refractivity contribution in [3.63, 3.8) is 0 Å². The normalized spacial score (nSPS) is 10.8. The summed E-state index contributed by atoms with van der Waals surface area (Å²) in [6.45, 7) is 2.68. The van der Waals surface area contributed by atoms with Crippen LogP contribution in [0.3, 0.4) is 0 Å². The number of carbonyl (C=O) groups excluding carboxylic acids is 1. The van der Waals surface area contributed by atoms with Crippen molar-refractivity contribution in [3.8, 4) is 11.3 Å². The lowest BCUT2D eigenvalue weighted by Crippen LogP contribution is -2.26. The van der Waals surface area contributed by atoms with Gasteiger partial charge in [-0.1, -0.05) is 0 Å². The molecular formula is C15H15N3OS2. The highest BCUT2D eigenvalue weighted by atomic mass is 32.1. The summed E-state index contributed by atoms with van der Waals surface area (Å²) in [6, 6.07) is 7.94. The number of nitrogens with one attached hydrogen (secondary N) is 1. The molecule has 4 nitrogen and oxygen atoms in total. The number of aryl methyl sites for hydroxylation is 1. The van der Waals surface area contributed by atoms with Gasteiger partial charge in [-0.2, -0.15) is 16.4 Å². The molecule has 0 saturated heterocycles. The number of hydrogen-bond acceptors (Lipinski definition) is 4. The maximum atomic E-state index is 12.4.